The highest BCUT2D eigenvalue weighted by Crippen LogP contribution is 2.28. The van der Waals surface area contributed by atoms with E-state index in [1.165, 1.54) is 0 Å². The van der Waals surface area contributed by atoms with Crippen molar-refractivity contribution in [3.8, 4) is 0 Å². The van der Waals surface area contributed by atoms with Gasteiger partial charge in [0.2, 0.25) is 11.8 Å². The molecular weight excluding hydrogens is 397 g/mol. The molecule has 2 heterocycles. The first-order chi connectivity index (χ1) is 12.1. The Bertz CT molecular complexity index is 651. The minimum absolute atomic E-state index is 0. The van der Waals surface area contributed by atoms with E-state index in [1.807, 2.05) is 0 Å². The van der Waals surface area contributed by atoms with E-state index in [2.05, 4.69) is 10.6 Å². The van der Waals surface area contributed by atoms with Gasteiger partial charge in [-0.15, -0.1) is 12.4 Å². The van der Waals surface area contributed by atoms with Crippen LogP contribution in [-0.4, -0.2) is 42.4 Å². The van der Waals surface area contributed by atoms with Gasteiger partial charge in [0.15, 0.2) is 0 Å². The third-order valence-electron chi connectivity index (χ3n) is 4.97. The number of amides is 2. The molecule has 0 bridgehead atoms. The van der Waals surface area contributed by atoms with Gasteiger partial charge in [0, 0.05) is 17.5 Å². The molecule has 0 aliphatic carbocycles. The van der Waals surface area contributed by atoms with Crippen LogP contribution in [0.1, 0.15) is 32.1 Å². The summed E-state index contributed by atoms with van der Waals surface area (Å²) in [6.45, 7) is 2.37. The van der Waals surface area contributed by atoms with Crippen molar-refractivity contribution in [1.82, 2.24) is 10.2 Å². The van der Waals surface area contributed by atoms with E-state index in [-0.39, 0.29) is 30.1 Å². The topological polar surface area (TPSA) is 61.4 Å². The number of nitrogens with one attached hydrogen (secondary N) is 2. The molecule has 2 amide bonds. The molecule has 1 atom stereocenters. The van der Waals surface area contributed by atoms with Crippen LogP contribution in [0.15, 0.2) is 18.2 Å². The number of piperidine rings is 2. The minimum atomic E-state index is -0.428. The molecule has 2 aliphatic rings. The summed E-state index contributed by atoms with van der Waals surface area (Å²) >= 11 is 12.0. The van der Waals surface area contributed by atoms with Crippen LogP contribution < -0.4 is 10.6 Å². The lowest BCUT2D eigenvalue weighted by Gasteiger charge is -2.37. The van der Waals surface area contributed by atoms with Crippen molar-refractivity contribution in [3.05, 3.63) is 28.2 Å². The van der Waals surface area contributed by atoms with E-state index in [4.69, 9.17) is 23.2 Å². The van der Waals surface area contributed by atoms with E-state index >= 15 is 0 Å². The lowest BCUT2D eigenvalue weighted by atomic mass is 9.93. The van der Waals surface area contributed by atoms with Crippen LogP contribution in [0, 0.1) is 5.92 Å². The van der Waals surface area contributed by atoms with Gasteiger partial charge in [-0.3, -0.25) is 9.59 Å². The summed E-state index contributed by atoms with van der Waals surface area (Å²) in [5, 5.41) is 7.05. The Morgan fingerprint density at radius 3 is 2.54 bits per heavy atom. The Kier molecular flexibility index (Phi) is 8.02. The molecule has 3 rings (SSSR count). The average molecular weight is 421 g/mol. The van der Waals surface area contributed by atoms with Gasteiger partial charge >= 0.3 is 0 Å². The fourth-order valence-electron chi connectivity index (χ4n) is 3.58. The van der Waals surface area contributed by atoms with Crippen LogP contribution in [0.2, 0.25) is 10.0 Å². The Morgan fingerprint density at radius 1 is 1.12 bits per heavy atom. The molecule has 0 spiro atoms. The minimum Gasteiger partial charge on any atom is -0.330 e. The third kappa shape index (κ3) is 5.03. The summed E-state index contributed by atoms with van der Waals surface area (Å²) in [6, 6.07) is 4.53. The molecule has 0 radical (unpaired) electrons. The SMILES string of the molecule is Cl.O=C(Nc1ccc(Cl)cc1Cl)C1CCCCN1C(=O)C1CCNCC1. The largest absolute Gasteiger partial charge is 0.330 e. The van der Waals surface area contributed by atoms with Crippen LogP contribution in [-0.2, 0) is 9.59 Å². The van der Waals surface area contributed by atoms with Crippen LogP contribution in [0.5, 0.6) is 0 Å². The van der Waals surface area contributed by atoms with Crippen molar-refractivity contribution < 1.29 is 9.59 Å². The van der Waals surface area contributed by atoms with Gasteiger partial charge in [-0.05, 0) is 63.4 Å². The van der Waals surface area contributed by atoms with E-state index in [1.54, 1.807) is 23.1 Å². The molecule has 26 heavy (non-hydrogen) atoms. The second-order valence-electron chi connectivity index (χ2n) is 6.68. The average Bonchev–Trinajstić information content (AvgIpc) is 2.64. The maximum Gasteiger partial charge on any atom is 0.247 e. The quantitative estimate of drug-likeness (QED) is 0.783. The fraction of sp³-hybridized carbons (Fsp3) is 0.556. The van der Waals surface area contributed by atoms with Crippen molar-refractivity contribution in [3.63, 3.8) is 0 Å². The summed E-state index contributed by atoms with van der Waals surface area (Å²) in [6.07, 6.45) is 4.26. The van der Waals surface area contributed by atoms with E-state index in [0.717, 1.165) is 38.8 Å². The number of anilines is 1. The Balaban J connectivity index is 0.00000243. The molecule has 1 aromatic rings. The zero-order valence-corrected chi connectivity index (χ0v) is 16.8. The van der Waals surface area contributed by atoms with Gasteiger partial charge in [-0.2, -0.15) is 0 Å². The number of benzene rings is 1. The summed E-state index contributed by atoms with van der Waals surface area (Å²) in [5.74, 6) is -0.0384. The van der Waals surface area contributed by atoms with Gasteiger partial charge in [0.25, 0.3) is 0 Å². The number of rotatable bonds is 3. The normalized spacial score (nSPS) is 21.0. The first-order valence-corrected chi connectivity index (χ1v) is 9.59. The molecule has 0 aromatic heterocycles. The number of carbonyl (C=O) groups excluding carboxylic acids is 2. The maximum absolute atomic E-state index is 12.9. The van der Waals surface area contributed by atoms with Gasteiger partial charge < -0.3 is 15.5 Å². The predicted molar refractivity (Wildman–Crippen MR) is 107 cm³/mol. The predicted octanol–water partition coefficient (Wildman–Crippen LogP) is 3.73. The summed E-state index contributed by atoms with van der Waals surface area (Å²) in [5.41, 5.74) is 0.524. The van der Waals surface area contributed by atoms with Crippen molar-refractivity contribution in [2.45, 2.75) is 38.1 Å². The van der Waals surface area contributed by atoms with Gasteiger partial charge in [0.05, 0.1) is 10.7 Å². The molecule has 8 heteroatoms. The van der Waals surface area contributed by atoms with Gasteiger partial charge in [0.1, 0.15) is 6.04 Å². The number of carbonyl (C=O) groups is 2. The number of likely N-dealkylation sites (tertiary alicyclic amines) is 1. The summed E-state index contributed by atoms with van der Waals surface area (Å²) < 4.78 is 0. The summed E-state index contributed by atoms with van der Waals surface area (Å²) in [4.78, 5) is 27.5. The van der Waals surface area contributed by atoms with Crippen LogP contribution >= 0.6 is 35.6 Å². The smallest absolute Gasteiger partial charge is 0.247 e. The number of nitrogens with zero attached hydrogens (tertiary/aromatic N) is 1. The van der Waals surface area contributed by atoms with Crippen LogP contribution in [0.3, 0.4) is 0 Å². The Hall–Kier alpha value is -1.01. The van der Waals surface area contributed by atoms with Crippen molar-refractivity contribution >= 4 is 53.1 Å². The molecule has 1 unspecified atom stereocenters. The third-order valence-corrected chi connectivity index (χ3v) is 5.51. The zero-order valence-electron chi connectivity index (χ0n) is 14.5. The highest BCUT2D eigenvalue weighted by atomic mass is 35.5. The number of hydrogen-bond acceptors (Lipinski definition) is 3. The van der Waals surface area contributed by atoms with E-state index in [0.29, 0.717) is 28.7 Å². The highest BCUT2D eigenvalue weighted by Gasteiger charge is 2.35. The molecule has 2 saturated heterocycles. The Labute approximate surface area is 170 Å². The van der Waals surface area contributed by atoms with Crippen molar-refractivity contribution in [1.29, 1.82) is 0 Å². The first kappa shape index (κ1) is 21.3. The number of hydrogen-bond donors (Lipinski definition) is 2. The van der Waals surface area contributed by atoms with Crippen LogP contribution in [0.25, 0.3) is 0 Å². The molecule has 5 nitrogen and oxygen atoms in total. The second kappa shape index (κ2) is 9.79. The molecule has 144 valence electrons. The van der Waals surface area contributed by atoms with Gasteiger partial charge in [-0.1, -0.05) is 23.2 Å². The monoisotopic (exact) mass is 419 g/mol. The van der Waals surface area contributed by atoms with Gasteiger partial charge in [-0.25, -0.2) is 0 Å². The first-order valence-electron chi connectivity index (χ1n) is 8.83. The van der Waals surface area contributed by atoms with Crippen molar-refractivity contribution in [2.75, 3.05) is 25.0 Å². The Morgan fingerprint density at radius 2 is 1.85 bits per heavy atom. The van der Waals surface area contributed by atoms with Crippen LogP contribution in [0.4, 0.5) is 5.69 Å². The van der Waals surface area contributed by atoms with E-state index < -0.39 is 6.04 Å². The second-order valence-corrected chi connectivity index (χ2v) is 7.52. The lowest BCUT2D eigenvalue weighted by Crippen LogP contribution is -2.52. The van der Waals surface area contributed by atoms with Crippen molar-refractivity contribution in [2.24, 2.45) is 5.92 Å². The number of halogens is 3. The molecule has 0 saturated carbocycles. The molecule has 2 aliphatic heterocycles. The molecule has 2 fully saturated rings. The molecule has 1 aromatic carbocycles. The maximum atomic E-state index is 12.9. The molecule has 2 N–H and O–H groups in total. The highest BCUT2D eigenvalue weighted by molar-refractivity contribution is 6.36. The molecular formula is C18H24Cl3N3O2. The summed E-state index contributed by atoms with van der Waals surface area (Å²) in [7, 11) is 0. The lowest BCUT2D eigenvalue weighted by molar-refractivity contribution is -0.144. The fourth-order valence-corrected chi connectivity index (χ4v) is 4.03. The van der Waals surface area contributed by atoms with E-state index in [9.17, 15) is 9.59 Å². The zero-order chi connectivity index (χ0) is 17.8. The standard InChI is InChI=1S/C18H23Cl2N3O2.ClH/c19-13-4-5-15(14(20)11-13)22-17(24)16-3-1-2-10-23(16)18(25)12-6-8-21-9-7-12;/h4-5,11-12,16,21H,1-3,6-10H2,(H,22,24);1H.